The minimum atomic E-state index is -1.01. The molecule has 2 N–H and O–H groups in total. The SMILES string of the molecule is C=CCn1c(=O)c2ccccc2n2c(SCC(=O)NCC(O)c3ccc([N+](=O)[O-])cc3)nnc12. The molecule has 2 heterocycles. The topological polar surface area (TPSA) is 145 Å². The standard InChI is InChI=1S/C22H20N6O5S/c1-2-11-26-20(31)16-5-3-4-6-17(16)27-21(26)24-25-22(27)34-13-19(30)23-12-18(29)14-7-9-15(10-8-14)28(32)33/h2-10,18,29H,1,11-13H2,(H,23,30). The lowest BCUT2D eigenvalue weighted by atomic mass is 10.1. The van der Waals surface area contributed by atoms with Gasteiger partial charge in [0.1, 0.15) is 0 Å². The Morgan fingerprint density at radius 3 is 2.68 bits per heavy atom. The molecule has 0 saturated carbocycles. The van der Waals surface area contributed by atoms with E-state index in [2.05, 4.69) is 22.1 Å². The Bertz CT molecular complexity index is 1450. The summed E-state index contributed by atoms with van der Waals surface area (Å²) in [6.07, 6.45) is 0.586. The van der Waals surface area contributed by atoms with Crippen LogP contribution in [0, 0.1) is 10.1 Å². The lowest BCUT2D eigenvalue weighted by Gasteiger charge is -2.12. The molecule has 2 aromatic heterocycles. The maximum atomic E-state index is 12.8. The number of carbonyl (C=O) groups excluding carboxylic acids is 1. The number of fused-ring (bicyclic) bond motifs is 3. The van der Waals surface area contributed by atoms with Crippen molar-refractivity contribution in [1.29, 1.82) is 0 Å². The van der Waals surface area contributed by atoms with E-state index in [9.17, 15) is 24.8 Å². The number of aliphatic hydroxyl groups excluding tert-OH is 1. The number of hydrogen-bond donors (Lipinski definition) is 2. The first-order valence-corrected chi connectivity index (χ1v) is 11.2. The van der Waals surface area contributed by atoms with Gasteiger partial charge in [-0.15, -0.1) is 16.8 Å². The number of aromatic nitrogens is 4. The van der Waals surface area contributed by atoms with Crippen LogP contribution in [0.4, 0.5) is 5.69 Å². The van der Waals surface area contributed by atoms with Crippen LogP contribution in [0.25, 0.3) is 16.7 Å². The summed E-state index contributed by atoms with van der Waals surface area (Å²) < 4.78 is 3.19. The molecule has 0 fully saturated rings. The van der Waals surface area contributed by atoms with Gasteiger partial charge in [-0.25, -0.2) is 0 Å². The number of nitrogens with one attached hydrogen (secondary N) is 1. The number of thioether (sulfide) groups is 1. The van der Waals surface area contributed by atoms with Gasteiger partial charge in [-0.05, 0) is 29.8 Å². The van der Waals surface area contributed by atoms with E-state index in [0.717, 1.165) is 11.8 Å². The molecular weight excluding hydrogens is 460 g/mol. The molecule has 4 rings (SSSR count). The Labute approximate surface area is 196 Å². The van der Waals surface area contributed by atoms with Crippen LogP contribution in [0.3, 0.4) is 0 Å². The van der Waals surface area contributed by atoms with Gasteiger partial charge in [0.2, 0.25) is 11.7 Å². The lowest BCUT2D eigenvalue weighted by Crippen LogP contribution is -2.29. The van der Waals surface area contributed by atoms with Gasteiger partial charge < -0.3 is 10.4 Å². The van der Waals surface area contributed by atoms with Crippen molar-refractivity contribution in [3.63, 3.8) is 0 Å². The number of amides is 1. The molecule has 4 aromatic rings. The molecule has 0 aliphatic rings. The Kier molecular flexibility index (Phi) is 6.70. The van der Waals surface area contributed by atoms with Crippen LogP contribution in [-0.2, 0) is 11.3 Å². The minimum absolute atomic E-state index is 0.00267. The number of carbonyl (C=O) groups is 1. The van der Waals surface area contributed by atoms with Gasteiger partial charge in [0.05, 0.1) is 27.7 Å². The third-order valence-electron chi connectivity index (χ3n) is 5.10. The van der Waals surface area contributed by atoms with Gasteiger partial charge in [-0.3, -0.25) is 28.7 Å². The highest BCUT2D eigenvalue weighted by Crippen LogP contribution is 2.22. The number of hydrogen-bond acceptors (Lipinski definition) is 8. The van der Waals surface area contributed by atoms with Gasteiger partial charge in [0, 0.05) is 25.2 Å². The first-order chi connectivity index (χ1) is 16.4. The minimum Gasteiger partial charge on any atom is -0.387 e. The monoisotopic (exact) mass is 480 g/mol. The molecule has 0 aliphatic heterocycles. The van der Waals surface area contributed by atoms with Gasteiger partial charge in [0.15, 0.2) is 5.16 Å². The molecule has 1 amide bonds. The summed E-state index contributed by atoms with van der Waals surface area (Å²) in [7, 11) is 0. The maximum Gasteiger partial charge on any atom is 0.269 e. The first kappa shape index (κ1) is 23.1. The highest BCUT2D eigenvalue weighted by molar-refractivity contribution is 7.99. The molecule has 2 aromatic carbocycles. The summed E-state index contributed by atoms with van der Waals surface area (Å²) in [6, 6.07) is 12.6. The molecule has 0 spiro atoms. The maximum absolute atomic E-state index is 12.8. The number of aliphatic hydroxyl groups is 1. The third-order valence-corrected chi connectivity index (χ3v) is 6.03. The van der Waals surface area contributed by atoms with Crippen molar-refractivity contribution in [1.82, 2.24) is 24.5 Å². The van der Waals surface area contributed by atoms with Gasteiger partial charge in [-0.2, -0.15) is 0 Å². The second-order valence-electron chi connectivity index (χ2n) is 7.30. The Morgan fingerprint density at radius 2 is 1.97 bits per heavy atom. The van der Waals surface area contributed by atoms with Crippen molar-refractivity contribution in [2.24, 2.45) is 0 Å². The van der Waals surface area contributed by atoms with E-state index < -0.39 is 11.0 Å². The van der Waals surface area contributed by atoms with E-state index in [1.807, 2.05) is 0 Å². The number of nitro groups is 1. The van der Waals surface area contributed by atoms with Crippen molar-refractivity contribution in [2.75, 3.05) is 12.3 Å². The van der Waals surface area contributed by atoms with Crippen LogP contribution in [0.15, 0.2) is 71.1 Å². The highest BCUT2D eigenvalue weighted by Gasteiger charge is 2.18. The zero-order valence-corrected chi connectivity index (χ0v) is 18.6. The molecule has 12 heteroatoms. The largest absolute Gasteiger partial charge is 0.387 e. The predicted octanol–water partition coefficient (Wildman–Crippen LogP) is 2.08. The Balaban J connectivity index is 1.47. The molecule has 11 nitrogen and oxygen atoms in total. The number of non-ortho nitro benzene ring substituents is 1. The smallest absolute Gasteiger partial charge is 0.269 e. The molecule has 0 radical (unpaired) electrons. The third kappa shape index (κ3) is 4.54. The van der Waals surface area contributed by atoms with E-state index >= 15 is 0 Å². The molecule has 0 aliphatic carbocycles. The fraction of sp³-hybridized carbons (Fsp3) is 0.182. The van der Waals surface area contributed by atoms with Crippen LogP contribution in [0.1, 0.15) is 11.7 Å². The van der Waals surface area contributed by atoms with Crippen LogP contribution < -0.4 is 10.9 Å². The number of allylic oxidation sites excluding steroid dienone is 1. The second kappa shape index (κ2) is 9.85. The predicted molar refractivity (Wildman–Crippen MR) is 127 cm³/mol. The average Bonchev–Trinajstić information content (AvgIpc) is 3.27. The number of benzene rings is 2. The highest BCUT2D eigenvalue weighted by atomic mass is 32.2. The van der Waals surface area contributed by atoms with E-state index in [4.69, 9.17) is 0 Å². The van der Waals surface area contributed by atoms with E-state index in [-0.39, 0.29) is 36.0 Å². The summed E-state index contributed by atoms with van der Waals surface area (Å²) in [6.45, 7) is 3.90. The van der Waals surface area contributed by atoms with Crippen molar-refractivity contribution < 1.29 is 14.8 Å². The normalized spacial score (nSPS) is 12.0. The summed E-state index contributed by atoms with van der Waals surface area (Å²) >= 11 is 1.14. The fourth-order valence-corrected chi connectivity index (χ4v) is 4.22. The van der Waals surface area contributed by atoms with Crippen molar-refractivity contribution >= 4 is 40.0 Å². The fourth-order valence-electron chi connectivity index (χ4n) is 3.45. The molecular formula is C22H20N6O5S. The van der Waals surface area contributed by atoms with Gasteiger partial charge >= 0.3 is 0 Å². The van der Waals surface area contributed by atoms with Crippen LogP contribution in [0.2, 0.25) is 0 Å². The van der Waals surface area contributed by atoms with Crippen LogP contribution in [-0.4, -0.2) is 47.4 Å². The Hall–Kier alpha value is -4.03. The summed E-state index contributed by atoms with van der Waals surface area (Å²) in [5.41, 5.74) is 0.797. The first-order valence-electron chi connectivity index (χ1n) is 10.2. The zero-order chi connectivity index (χ0) is 24.2. The van der Waals surface area contributed by atoms with E-state index in [0.29, 0.717) is 27.4 Å². The average molecular weight is 481 g/mol. The van der Waals surface area contributed by atoms with Crippen molar-refractivity contribution in [2.45, 2.75) is 17.8 Å². The number of rotatable bonds is 9. The van der Waals surface area contributed by atoms with E-state index in [1.165, 1.54) is 28.8 Å². The molecule has 1 unspecified atom stereocenters. The Morgan fingerprint density at radius 1 is 1.24 bits per heavy atom. The van der Waals surface area contributed by atoms with E-state index in [1.54, 1.807) is 34.7 Å². The second-order valence-corrected chi connectivity index (χ2v) is 8.24. The summed E-state index contributed by atoms with van der Waals surface area (Å²) in [5.74, 6) is 0.00871. The number of para-hydroxylation sites is 1. The summed E-state index contributed by atoms with van der Waals surface area (Å²) in [5, 5.41) is 32.9. The van der Waals surface area contributed by atoms with Crippen molar-refractivity contribution in [3.05, 3.63) is 87.2 Å². The van der Waals surface area contributed by atoms with Crippen molar-refractivity contribution in [3.8, 4) is 0 Å². The van der Waals surface area contributed by atoms with Gasteiger partial charge in [-0.1, -0.05) is 30.0 Å². The molecule has 34 heavy (non-hydrogen) atoms. The molecule has 0 bridgehead atoms. The summed E-state index contributed by atoms with van der Waals surface area (Å²) in [4.78, 5) is 35.4. The molecule has 0 saturated heterocycles. The lowest BCUT2D eigenvalue weighted by molar-refractivity contribution is -0.384. The molecule has 1 atom stereocenters. The molecule has 174 valence electrons. The van der Waals surface area contributed by atoms with Crippen LogP contribution >= 0.6 is 11.8 Å². The quantitative estimate of drug-likeness (QED) is 0.160. The zero-order valence-electron chi connectivity index (χ0n) is 17.8. The van der Waals surface area contributed by atoms with Crippen LogP contribution in [0.5, 0.6) is 0 Å². The number of nitrogens with zero attached hydrogens (tertiary/aromatic N) is 5. The van der Waals surface area contributed by atoms with Gasteiger partial charge in [0.25, 0.3) is 11.2 Å². The number of nitro benzene ring substituents is 1.